The summed E-state index contributed by atoms with van der Waals surface area (Å²) in [7, 11) is 2.10. The van der Waals surface area contributed by atoms with E-state index in [1.807, 2.05) is 0 Å². The molecule has 1 fully saturated rings. The summed E-state index contributed by atoms with van der Waals surface area (Å²) in [4.78, 5) is 14.5. The quantitative estimate of drug-likeness (QED) is 0.942. The Labute approximate surface area is 135 Å². The van der Waals surface area contributed by atoms with E-state index in [0.29, 0.717) is 23.8 Å². The summed E-state index contributed by atoms with van der Waals surface area (Å²) < 4.78 is 19.3. The van der Waals surface area contributed by atoms with Gasteiger partial charge in [-0.25, -0.2) is 4.39 Å². The van der Waals surface area contributed by atoms with Crippen LogP contribution < -0.4 is 5.32 Å². The molecular weight excluding hydrogens is 295 g/mol. The van der Waals surface area contributed by atoms with Crippen molar-refractivity contribution in [2.75, 3.05) is 26.7 Å². The fourth-order valence-corrected chi connectivity index (χ4v) is 3.03. The van der Waals surface area contributed by atoms with Gasteiger partial charge in [-0.2, -0.15) is 0 Å². The van der Waals surface area contributed by atoms with E-state index >= 15 is 0 Å². The number of carbonyl (C=O) groups is 1. The molecule has 1 aliphatic heterocycles. The molecule has 4 nitrogen and oxygen atoms in total. The van der Waals surface area contributed by atoms with Crippen molar-refractivity contribution < 1.29 is 13.6 Å². The molecule has 3 rings (SSSR count). The number of benzene rings is 1. The summed E-state index contributed by atoms with van der Waals surface area (Å²) >= 11 is 0. The predicted molar refractivity (Wildman–Crippen MR) is 86.7 cm³/mol. The predicted octanol–water partition coefficient (Wildman–Crippen LogP) is 3.16. The van der Waals surface area contributed by atoms with E-state index in [2.05, 4.69) is 17.3 Å². The number of likely N-dealkylation sites (tertiary alicyclic amines) is 1. The summed E-state index contributed by atoms with van der Waals surface area (Å²) in [5.74, 6) is 0.441. The number of rotatable bonds is 4. The van der Waals surface area contributed by atoms with Gasteiger partial charge in [0.15, 0.2) is 5.76 Å². The molecule has 1 aromatic carbocycles. The first-order valence-corrected chi connectivity index (χ1v) is 7.95. The van der Waals surface area contributed by atoms with Crippen molar-refractivity contribution in [1.82, 2.24) is 10.2 Å². The van der Waals surface area contributed by atoms with Crippen molar-refractivity contribution in [3.05, 3.63) is 48.0 Å². The van der Waals surface area contributed by atoms with Crippen LogP contribution in [-0.2, 0) is 0 Å². The maximum atomic E-state index is 13.7. The van der Waals surface area contributed by atoms with Crippen LogP contribution in [0.15, 0.2) is 40.8 Å². The van der Waals surface area contributed by atoms with Gasteiger partial charge in [-0.3, -0.25) is 4.79 Å². The third-order valence-electron chi connectivity index (χ3n) is 4.24. The Morgan fingerprint density at radius 2 is 2.17 bits per heavy atom. The van der Waals surface area contributed by atoms with Crippen LogP contribution in [0.5, 0.6) is 0 Å². The van der Waals surface area contributed by atoms with Gasteiger partial charge in [0.2, 0.25) is 0 Å². The van der Waals surface area contributed by atoms with E-state index in [-0.39, 0.29) is 17.5 Å². The number of nitrogens with one attached hydrogen (secondary N) is 1. The summed E-state index contributed by atoms with van der Waals surface area (Å²) in [6, 6.07) is 9.58. The smallest absolute Gasteiger partial charge is 0.287 e. The van der Waals surface area contributed by atoms with Gasteiger partial charge in [-0.15, -0.1) is 0 Å². The minimum absolute atomic E-state index is 0.215. The average Bonchev–Trinajstić information content (AvgIpc) is 3.03. The van der Waals surface area contributed by atoms with Gasteiger partial charge in [0, 0.05) is 13.1 Å². The number of furan rings is 1. The molecule has 0 spiro atoms. The van der Waals surface area contributed by atoms with E-state index in [1.165, 1.54) is 6.07 Å². The lowest BCUT2D eigenvalue weighted by Gasteiger charge is -2.29. The zero-order valence-electron chi connectivity index (χ0n) is 13.2. The molecule has 23 heavy (non-hydrogen) atoms. The molecule has 2 aromatic rings. The normalized spacial score (nSPS) is 18.8. The van der Waals surface area contributed by atoms with Crippen LogP contribution in [0.4, 0.5) is 4.39 Å². The van der Waals surface area contributed by atoms with Crippen LogP contribution >= 0.6 is 0 Å². The standard InChI is InChI=1S/C18H21FN2O2/c1-21-10-4-5-13(12-21)11-20-18(22)17-9-8-16(23-17)14-6-2-3-7-15(14)19/h2-3,6-9,13H,4-5,10-12H2,1H3,(H,20,22). The molecule has 1 saturated heterocycles. The van der Waals surface area contributed by atoms with Crippen molar-refractivity contribution in [1.29, 1.82) is 0 Å². The van der Waals surface area contributed by atoms with Crippen molar-refractivity contribution in [2.24, 2.45) is 5.92 Å². The van der Waals surface area contributed by atoms with Crippen LogP contribution in [-0.4, -0.2) is 37.5 Å². The van der Waals surface area contributed by atoms with Gasteiger partial charge in [-0.05, 0) is 56.6 Å². The number of hydrogen-bond acceptors (Lipinski definition) is 3. The average molecular weight is 316 g/mol. The summed E-state index contributed by atoms with van der Waals surface area (Å²) in [5, 5.41) is 2.92. The molecule has 0 bridgehead atoms. The Bertz CT molecular complexity index is 683. The van der Waals surface area contributed by atoms with Crippen LogP contribution in [0, 0.1) is 11.7 Å². The van der Waals surface area contributed by atoms with Crippen LogP contribution in [0.25, 0.3) is 11.3 Å². The number of halogens is 1. The fraction of sp³-hybridized carbons (Fsp3) is 0.389. The third-order valence-corrected chi connectivity index (χ3v) is 4.24. The second kappa shape index (κ2) is 6.96. The van der Waals surface area contributed by atoms with Crippen molar-refractivity contribution in [2.45, 2.75) is 12.8 Å². The highest BCUT2D eigenvalue weighted by molar-refractivity contribution is 5.92. The molecule has 1 amide bonds. The molecule has 0 saturated carbocycles. The molecule has 1 atom stereocenters. The highest BCUT2D eigenvalue weighted by Crippen LogP contribution is 2.24. The summed E-state index contributed by atoms with van der Waals surface area (Å²) in [6.45, 7) is 2.76. The Morgan fingerprint density at radius 1 is 1.35 bits per heavy atom. The molecular formula is C18H21FN2O2. The van der Waals surface area contributed by atoms with E-state index in [9.17, 15) is 9.18 Å². The lowest BCUT2D eigenvalue weighted by Crippen LogP contribution is -2.39. The molecule has 1 aliphatic rings. The minimum Gasteiger partial charge on any atom is -0.451 e. The summed E-state index contributed by atoms with van der Waals surface area (Å²) in [5.41, 5.74) is 0.362. The number of piperidine rings is 1. The molecule has 1 unspecified atom stereocenters. The molecule has 5 heteroatoms. The highest BCUT2D eigenvalue weighted by Gasteiger charge is 2.19. The second-order valence-corrected chi connectivity index (χ2v) is 6.12. The van der Waals surface area contributed by atoms with Crippen LogP contribution in [0.1, 0.15) is 23.4 Å². The van der Waals surface area contributed by atoms with Gasteiger partial charge in [-0.1, -0.05) is 12.1 Å². The Balaban J connectivity index is 1.61. The molecule has 1 N–H and O–H groups in total. The second-order valence-electron chi connectivity index (χ2n) is 6.12. The largest absolute Gasteiger partial charge is 0.451 e. The maximum absolute atomic E-state index is 13.7. The first kappa shape index (κ1) is 15.7. The zero-order valence-corrected chi connectivity index (χ0v) is 13.2. The van der Waals surface area contributed by atoms with Crippen molar-refractivity contribution in [3.63, 3.8) is 0 Å². The third kappa shape index (κ3) is 3.79. The Kier molecular flexibility index (Phi) is 4.76. The van der Waals surface area contributed by atoms with Gasteiger partial charge < -0.3 is 14.6 Å². The topological polar surface area (TPSA) is 45.5 Å². The lowest BCUT2D eigenvalue weighted by atomic mass is 9.98. The van der Waals surface area contributed by atoms with E-state index in [1.54, 1.807) is 30.3 Å². The maximum Gasteiger partial charge on any atom is 0.287 e. The number of amides is 1. The Hall–Kier alpha value is -2.14. The monoisotopic (exact) mass is 316 g/mol. The van der Waals surface area contributed by atoms with E-state index in [4.69, 9.17) is 4.42 Å². The Morgan fingerprint density at radius 3 is 2.96 bits per heavy atom. The summed E-state index contributed by atoms with van der Waals surface area (Å²) in [6.07, 6.45) is 2.29. The van der Waals surface area contributed by atoms with Gasteiger partial charge >= 0.3 is 0 Å². The van der Waals surface area contributed by atoms with Gasteiger partial charge in [0.05, 0.1) is 5.56 Å². The fourth-order valence-electron chi connectivity index (χ4n) is 3.03. The SMILES string of the molecule is CN1CCCC(CNC(=O)c2ccc(-c3ccccc3F)o2)C1. The molecule has 122 valence electrons. The molecule has 2 heterocycles. The highest BCUT2D eigenvalue weighted by atomic mass is 19.1. The van der Waals surface area contributed by atoms with E-state index < -0.39 is 0 Å². The number of nitrogens with zero attached hydrogens (tertiary/aromatic N) is 1. The van der Waals surface area contributed by atoms with Crippen LogP contribution in [0.2, 0.25) is 0 Å². The molecule has 0 radical (unpaired) electrons. The molecule has 1 aromatic heterocycles. The van der Waals surface area contributed by atoms with E-state index in [0.717, 1.165) is 25.9 Å². The first-order valence-electron chi connectivity index (χ1n) is 7.95. The zero-order chi connectivity index (χ0) is 16.2. The van der Waals surface area contributed by atoms with Crippen molar-refractivity contribution >= 4 is 5.91 Å². The number of carbonyl (C=O) groups excluding carboxylic acids is 1. The number of hydrogen-bond donors (Lipinski definition) is 1. The first-order chi connectivity index (χ1) is 11.1. The van der Waals surface area contributed by atoms with Gasteiger partial charge in [0.25, 0.3) is 5.91 Å². The minimum atomic E-state index is -0.362. The lowest BCUT2D eigenvalue weighted by molar-refractivity contribution is 0.0910. The van der Waals surface area contributed by atoms with Gasteiger partial charge in [0.1, 0.15) is 11.6 Å². The van der Waals surface area contributed by atoms with Crippen molar-refractivity contribution in [3.8, 4) is 11.3 Å². The van der Waals surface area contributed by atoms with Crippen LogP contribution in [0.3, 0.4) is 0 Å². The molecule has 0 aliphatic carbocycles.